The molecule has 5 heteroatoms. The van der Waals surface area contributed by atoms with Gasteiger partial charge in [0.05, 0.1) is 0 Å². The largest absolute Gasteiger partial charge is 0.462 e. The Kier molecular flexibility index (Phi) is 3.38. The van der Waals surface area contributed by atoms with Crippen LogP contribution in [0.15, 0.2) is 5.16 Å². The lowest BCUT2D eigenvalue weighted by atomic mass is 10.2. The van der Waals surface area contributed by atoms with Crippen LogP contribution in [0, 0.1) is 20.8 Å². The van der Waals surface area contributed by atoms with Crippen molar-refractivity contribution < 1.29 is 9.53 Å². The van der Waals surface area contributed by atoms with Crippen LogP contribution in [-0.4, -0.2) is 27.3 Å². The molecule has 0 radical (unpaired) electrons. The molecule has 0 amide bonds. The number of hydrogen-bond donors (Lipinski definition) is 0. The van der Waals surface area contributed by atoms with E-state index in [1.807, 2.05) is 27.7 Å². The van der Waals surface area contributed by atoms with Crippen LogP contribution in [0.4, 0.5) is 0 Å². The molecule has 2 heterocycles. The average Bonchev–Trinajstić information content (AvgIpc) is 2.54. The fourth-order valence-electron chi connectivity index (χ4n) is 1.74. The summed E-state index contributed by atoms with van der Waals surface area (Å²) < 4.78 is 5.11. The molecule has 1 aliphatic rings. The van der Waals surface area contributed by atoms with Gasteiger partial charge in [0.15, 0.2) is 5.16 Å². The summed E-state index contributed by atoms with van der Waals surface area (Å²) >= 11 is 1.40. The Morgan fingerprint density at radius 2 is 1.82 bits per heavy atom. The van der Waals surface area contributed by atoms with E-state index < -0.39 is 0 Å². The third kappa shape index (κ3) is 2.60. The van der Waals surface area contributed by atoms with Crippen LogP contribution in [0.1, 0.15) is 30.3 Å². The minimum absolute atomic E-state index is 0.00708. The number of carbonyl (C=O) groups is 1. The van der Waals surface area contributed by atoms with Gasteiger partial charge in [0, 0.05) is 17.8 Å². The molecular formula is C12H16N2O2S. The summed E-state index contributed by atoms with van der Waals surface area (Å²) in [6, 6.07) is 0. The molecule has 0 bridgehead atoms. The summed E-state index contributed by atoms with van der Waals surface area (Å²) in [5.41, 5.74) is 3.05. The SMILES string of the molecule is Cc1nc(S[C@H]2C[C@@H](C)OC2=O)nc(C)c1C. The second kappa shape index (κ2) is 4.64. The lowest BCUT2D eigenvalue weighted by Crippen LogP contribution is -2.11. The van der Waals surface area contributed by atoms with Gasteiger partial charge in [0.25, 0.3) is 0 Å². The van der Waals surface area contributed by atoms with Crippen LogP contribution < -0.4 is 0 Å². The van der Waals surface area contributed by atoms with Gasteiger partial charge in [-0.1, -0.05) is 11.8 Å². The van der Waals surface area contributed by atoms with E-state index in [-0.39, 0.29) is 17.3 Å². The summed E-state index contributed by atoms with van der Waals surface area (Å²) in [5.74, 6) is -0.151. The normalized spacial score (nSPS) is 23.9. The summed E-state index contributed by atoms with van der Waals surface area (Å²) in [4.78, 5) is 20.3. The van der Waals surface area contributed by atoms with Crippen LogP contribution in [-0.2, 0) is 9.53 Å². The molecule has 1 fully saturated rings. The highest BCUT2D eigenvalue weighted by molar-refractivity contribution is 8.00. The van der Waals surface area contributed by atoms with Gasteiger partial charge in [-0.05, 0) is 33.3 Å². The number of hydrogen-bond acceptors (Lipinski definition) is 5. The van der Waals surface area contributed by atoms with Gasteiger partial charge >= 0.3 is 5.97 Å². The number of carbonyl (C=O) groups excluding carboxylic acids is 1. The number of nitrogens with zero attached hydrogens (tertiary/aromatic N) is 2. The first-order chi connectivity index (χ1) is 7.97. The van der Waals surface area contributed by atoms with Crippen molar-refractivity contribution in [3.05, 3.63) is 17.0 Å². The number of aryl methyl sites for hydroxylation is 2. The standard InChI is InChI=1S/C12H16N2O2S/c1-6-5-10(11(15)16-6)17-12-13-8(3)7(2)9(4)14-12/h6,10H,5H2,1-4H3/t6-,10+/m1/s1. The average molecular weight is 252 g/mol. The first-order valence-electron chi connectivity index (χ1n) is 5.66. The third-order valence-corrected chi connectivity index (χ3v) is 4.05. The first-order valence-corrected chi connectivity index (χ1v) is 6.54. The van der Waals surface area contributed by atoms with Gasteiger partial charge in [-0.25, -0.2) is 9.97 Å². The highest BCUT2D eigenvalue weighted by atomic mass is 32.2. The number of rotatable bonds is 2. The minimum Gasteiger partial charge on any atom is -0.462 e. The van der Waals surface area contributed by atoms with Gasteiger partial charge in [0.2, 0.25) is 0 Å². The molecular weight excluding hydrogens is 236 g/mol. The lowest BCUT2D eigenvalue weighted by Gasteiger charge is -2.08. The Balaban J connectivity index is 2.17. The van der Waals surface area contributed by atoms with Gasteiger partial charge in [0.1, 0.15) is 11.4 Å². The fraction of sp³-hybridized carbons (Fsp3) is 0.583. The molecule has 1 aromatic rings. The highest BCUT2D eigenvalue weighted by Gasteiger charge is 2.33. The number of cyclic esters (lactones) is 1. The van der Waals surface area contributed by atoms with Crippen molar-refractivity contribution in [2.75, 3.05) is 0 Å². The number of ether oxygens (including phenoxy) is 1. The molecule has 4 nitrogen and oxygen atoms in total. The summed E-state index contributed by atoms with van der Waals surface area (Å²) in [5, 5.41) is 0.508. The molecule has 0 aromatic carbocycles. The topological polar surface area (TPSA) is 52.1 Å². The van der Waals surface area contributed by atoms with E-state index in [1.165, 1.54) is 11.8 Å². The smallest absolute Gasteiger partial charge is 0.319 e. The van der Waals surface area contributed by atoms with E-state index in [0.29, 0.717) is 5.16 Å². The van der Waals surface area contributed by atoms with Crippen LogP contribution in [0.2, 0.25) is 0 Å². The minimum atomic E-state index is -0.161. The predicted octanol–water partition coefficient (Wildman–Crippen LogP) is 2.20. The highest BCUT2D eigenvalue weighted by Crippen LogP contribution is 2.30. The molecule has 2 atom stereocenters. The van der Waals surface area contributed by atoms with E-state index in [2.05, 4.69) is 9.97 Å². The van der Waals surface area contributed by atoms with Crippen LogP contribution >= 0.6 is 11.8 Å². The molecule has 0 unspecified atom stereocenters. The summed E-state index contributed by atoms with van der Waals surface area (Å²) in [6.45, 7) is 7.84. The molecule has 1 saturated heterocycles. The Hall–Kier alpha value is -1.10. The van der Waals surface area contributed by atoms with Crippen molar-refractivity contribution in [1.82, 2.24) is 9.97 Å². The first kappa shape index (κ1) is 12.4. The maximum Gasteiger partial charge on any atom is 0.319 e. The third-order valence-electron chi connectivity index (χ3n) is 2.99. The molecule has 2 rings (SSSR count). The van der Waals surface area contributed by atoms with Gasteiger partial charge in [-0.15, -0.1) is 0 Å². The van der Waals surface area contributed by atoms with E-state index in [9.17, 15) is 4.79 Å². The molecule has 0 spiro atoms. The molecule has 1 aliphatic heterocycles. The lowest BCUT2D eigenvalue weighted by molar-refractivity contribution is -0.140. The zero-order valence-electron chi connectivity index (χ0n) is 10.5. The monoisotopic (exact) mass is 252 g/mol. The Morgan fingerprint density at radius 3 is 2.29 bits per heavy atom. The maximum absolute atomic E-state index is 11.5. The van der Waals surface area contributed by atoms with Gasteiger partial charge in [-0.2, -0.15) is 0 Å². The van der Waals surface area contributed by atoms with Gasteiger partial charge in [-0.3, -0.25) is 4.79 Å². The van der Waals surface area contributed by atoms with Gasteiger partial charge < -0.3 is 4.74 Å². The van der Waals surface area contributed by atoms with E-state index in [0.717, 1.165) is 23.4 Å². The van der Waals surface area contributed by atoms with E-state index in [4.69, 9.17) is 4.74 Å². The van der Waals surface area contributed by atoms with Crippen molar-refractivity contribution >= 4 is 17.7 Å². The van der Waals surface area contributed by atoms with E-state index in [1.54, 1.807) is 0 Å². The van der Waals surface area contributed by atoms with E-state index >= 15 is 0 Å². The molecule has 0 aliphatic carbocycles. The molecule has 17 heavy (non-hydrogen) atoms. The second-order valence-electron chi connectivity index (χ2n) is 4.39. The molecule has 0 saturated carbocycles. The zero-order chi connectivity index (χ0) is 12.6. The Labute approximate surface area is 105 Å². The Morgan fingerprint density at radius 1 is 1.24 bits per heavy atom. The quantitative estimate of drug-likeness (QED) is 0.596. The number of esters is 1. The fourth-order valence-corrected chi connectivity index (χ4v) is 2.89. The van der Waals surface area contributed by atoms with Crippen molar-refractivity contribution in [2.24, 2.45) is 0 Å². The second-order valence-corrected chi connectivity index (χ2v) is 5.56. The van der Waals surface area contributed by atoms with Crippen molar-refractivity contribution in [3.8, 4) is 0 Å². The predicted molar refractivity (Wildman–Crippen MR) is 66.1 cm³/mol. The zero-order valence-corrected chi connectivity index (χ0v) is 11.3. The van der Waals surface area contributed by atoms with Crippen LogP contribution in [0.3, 0.4) is 0 Å². The molecule has 0 N–H and O–H groups in total. The maximum atomic E-state index is 11.5. The number of aromatic nitrogens is 2. The van der Waals surface area contributed by atoms with Crippen molar-refractivity contribution in [1.29, 1.82) is 0 Å². The van der Waals surface area contributed by atoms with Crippen LogP contribution in [0.25, 0.3) is 0 Å². The summed E-state index contributed by atoms with van der Waals surface area (Å²) in [7, 11) is 0. The Bertz CT molecular complexity index is 439. The van der Waals surface area contributed by atoms with Crippen molar-refractivity contribution in [2.45, 2.75) is 50.6 Å². The van der Waals surface area contributed by atoms with Crippen molar-refractivity contribution in [3.63, 3.8) is 0 Å². The molecule has 1 aromatic heterocycles. The summed E-state index contributed by atoms with van der Waals surface area (Å²) in [6.07, 6.45) is 0.742. The number of thioether (sulfide) groups is 1. The molecule has 92 valence electrons. The van der Waals surface area contributed by atoms with Crippen LogP contribution in [0.5, 0.6) is 0 Å².